The fraction of sp³-hybridized carbons (Fsp3) is 0.357. The van der Waals surface area contributed by atoms with Crippen molar-refractivity contribution < 1.29 is 14.4 Å². The summed E-state index contributed by atoms with van der Waals surface area (Å²) in [4.78, 5) is 36.6. The summed E-state index contributed by atoms with van der Waals surface area (Å²) >= 11 is 5.93. The zero-order valence-corrected chi connectivity index (χ0v) is 12.3. The smallest absolute Gasteiger partial charge is 0.325 e. The second-order valence-electron chi connectivity index (χ2n) is 4.74. The summed E-state index contributed by atoms with van der Waals surface area (Å²) in [5, 5.41) is 5.54. The number of carbonyl (C=O) groups is 3. The molecule has 0 aliphatic carbocycles. The van der Waals surface area contributed by atoms with Crippen LogP contribution in [0.5, 0.6) is 0 Å². The number of carbonyl (C=O) groups excluding carboxylic acids is 3. The molecule has 2 rings (SSSR count). The first-order valence-electron chi connectivity index (χ1n) is 6.69. The Morgan fingerprint density at radius 1 is 1.38 bits per heavy atom. The summed E-state index contributed by atoms with van der Waals surface area (Å²) in [5.41, 5.74) is 0.446. The molecule has 1 atom stereocenters. The van der Waals surface area contributed by atoms with E-state index in [2.05, 4.69) is 10.6 Å². The van der Waals surface area contributed by atoms with E-state index in [4.69, 9.17) is 11.6 Å². The van der Waals surface area contributed by atoms with Crippen molar-refractivity contribution in [2.75, 3.05) is 11.9 Å². The van der Waals surface area contributed by atoms with Gasteiger partial charge in [-0.3, -0.25) is 14.5 Å². The fourth-order valence-corrected chi connectivity index (χ4v) is 2.29. The maximum absolute atomic E-state index is 12.0. The Kier molecular flexibility index (Phi) is 4.80. The fourth-order valence-electron chi connectivity index (χ4n) is 2.11. The van der Waals surface area contributed by atoms with Gasteiger partial charge in [-0.2, -0.15) is 0 Å². The molecule has 0 saturated carbocycles. The van der Waals surface area contributed by atoms with Crippen LogP contribution in [0.3, 0.4) is 0 Å². The molecule has 1 heterocycles. The van der Waals surface area contributed by atoms with Crippen LogP contribution in [0.25, 0.3) is 0 Å². The van der Waals surface area contributed by atoms with E-state index in [1.165, 1.54) is 0 Å². The lowest BCUT2D eigenvalue weighted by atomic mass is 10.2. The van der Waals surface area contributed by atoms with E-state index in [0.29, 0.717) is 17.1 Å². The quantitative estimate of drug-likeness (QED) is 0.817. The molecule has 1 unspecified atom stereocenters. The Hall–Kier alpha value is -2.08. The zero-order valence-electron chi connectivity index (χ0n) is 11.6. The summed E-state index contributed by atoms with van der Waals surface area (Å²) < 4.78 is 0. The molecule has 4 amide bonds. The minimum absolute atomic E-state index is 0.323. The van der Waals surface area contributed by atoms with Crippen LogP contribution in [0.4, 0.5) is 10.5 Å². The predicted octanol–water partition coefficient (Wildman–Crippen LogP) is 2.00. The maximum atomic E-state index is 12.0. The molecular formula is C14H16ClN3O3. The summed E-state index contributed by atoms with van der Waals surface area (Å²) in [7, 11) is 0. The lowest BCUT2D eigenvalue weighted by Gasteiger charge is -2.13. The molecule has 7 heteroatoms. The van der Waals surface area contributed by atoms with Gasteiger partial charge in [-0.15, -0.1) is 0 Å². The summed E-state index contributed by atoms with van der Waals surface area (Å²) in [5.74, 6) is -0.833. The zero-order chi connectivity index (χ0) is 15.4. The van der Waals surface area contributed by atoms with Crippen LogP contribution < -0.4 is 10.6 Å². The van der Waals surface area contributed by atoms with Gasteiger partial charge >= 0.3 is 6.03 Å². The van der Waals surface area contributed by atoms with Crippen molar-refractivity contribution >= 4 is 35.1 Å². The van der Waals surface area contributed by atoms with Crippen molar-refractivity contribution in [3.63, 3.8) is 0 Å². The SMILES string of the molecule is CCCC1NC(=O)N(CC(=O)Nc2ccccc2Cl)C1=O. The largest absolute Gasteiger partial charge is 0.326 e. The van der Waals surface area contributed by atoms with Crippen LogP contribution in [0.15, 0.2) is 24.3 Å². The van der Waals surface area contributed by atoms with Crippen molar-refractivity contribution in [2.45, 2.75) is 25.8 Å². The van der Waals surface area contributed by atoms with Gasteiger partial charge in [0.25, 0.3) is 5.91 Å². The van der Waals surface area contributed by atoms with Crippen LogP contribution >= 0.6 is 11.6 Å². The van der Waals surface area contributed by atoms with E-state index in [1.54, 1.807) is 24.3 Å². The normalized spacial score (nSPS) is 17.8. The molecule has 0 bridgehead atoms. The first-order valence-corrected chi connectivity index (χ1v) is 7.07. The highest BCUT2D eigenvalue weighted by molar-refractivity contribution is 6.33. The van der Waals surface area contributed by atoms with Gasteiger partial charge in [0.05, 0.1) is 10.7 Å². The molecule has 112 valence electrons. The monoisotopic (exact) mass is 309 g/mol. The van der Waals surface area contributed by atoms with Crippen LogP contribution in [0.1, 0.15) is 19.8 Å². The molecule has 1 aromatic rings. The first-order chi connectivity index (χ1) is 10.0. The van der Waals surface area contributed by atoms with Gasteiger partial charge in [-0.25, -0.2) is 4.79 Å². The molecule has 1 fully saturated rings. The highest BCUT2D eigenvalue weighted by Gasteiger charge is 2.38. The van der Waals surface area contributed by atoms with E-state index in [1.807, 2.05) is 6.92 Å². The molecule has 2 N–H and O–H groups in total. The number of amides is 4. The molecule has 21 heavy (non-hydrogen) atoms. The van der Waals surface area contributed by atoms with E-state index < -0.39 is 18.0 Å². The molecule has 0 spiro atoms. The molecule has 1 saturated heterocycles. The van der Waals surface area contributed by atoms with Gasteiger partial charge in [0.2, 0.25) is 5.91 Å². The van der Waals surface area contributed by atoms with Crippen molar-refractivity contribution in [1.29, 1.82) is 0 Å². The lowest BCUT2D eigenvalue weighted by molar-refractivity contribution is -0.130. The molecule has 0 radical (unpaired) electrons. The van der Waals surface area contributed by atoms with Crippen molar-refractivity contribution in [2.24, 2.45) is 0 Å². The number of hydrogen-bond donors (Lipinski definition) is 2. The molecule has 1 aliphatic heterocycles. The van der Waals surface area contributed by atoms with Crippen molar-refractivity contribution in [3.05, 3.63) is 29.3 Å². The minimum Gasteiger partial charge on any atom is -0.326 e. The molecule has 1 aliphatic rings. The topological polar surface area (TPSA) is 78.5 Å². The average Bonchev–Trinajstić information content (AvgIpc) is 2.70. The third-order valence-electron chi connectivity index (χ3n) is 3.13. The second kappa shape index (κ2) is 6.58. The Labute approximate surface area is 127 Å². The first kappa shape index (κ1) is 15.3. The average molecular weight is 310 g/mol. The predicted molar refractivity (Wildman–Crippen MR) is 79.0 cm³/mol. The van der Waals surface area contributed by atoms with Gasteiger partial charge in [-0.1, -0.05) is 37.1 Å². The van der Waals surface area contributed by atoms with Crippen LogP contribution in [0, 0.1) is 0 Å². The summed E-state index contributed by atoms with van der Waals surface area (Å²) in [6.45, 7) is 1.60. The van der Waals surface area contributed by atoms with E-state index in [0.717, 1.165) is 11.3 Å². The van der Waals surface area contributed by atoms with Crippen LogP contribution in [-0.2, 0) is 9.59 Å². The molecule has 1 aromatic carbocycles. The maximum Gasteiger partial charge on any atom is 0.325 e. The van der Waals surface area contributed by atoms with Crippen LogP contribution in [-0.4, -0.2) is 35.3 Å². The Bertz CT molecular complexity index is 576. The highest BCUT2D eigenvalue weighted by Crippen LogP contribution is 2.20. The Morgan fingerprint density at radius 3 is 2.76 bits per heavy atom. The third kappa shape index (κ3) is 3.52. The number of para-hydroxylation sites is 1. The number of urea groups is 1. The van der Waals surface area contributed by atoms with Gasteiger partial charge in [0.15, 0.2) is 0 Å². The second-order valence-corrected chi connectivity index (χ2v) is 5.15. The van der Waals surface area contributed by atoms with Gasteiger partial charge < -0.3 is 10.6 Å². The number of nitrogens with zero attached hydrogens (tertiary/aromatic N) is 1. The van der Waals surface area contributed by atoms with E-state index in [-0.39, 0.29) is 12.5 Å². The Morgan fingerprint density at radius 2 is 2.10 bits per heavy atom. The van der Waals surface area contributed by atoms with Gasteiger partial charge in [-0.05, 0) is 18.6 Å². The third-order valence-corrected chi connectivity index (χ3v) is 3.46. The van der Waals surface area contributed by atoms with Crippen LogP contribution in [0.2, 0.25) is 5.02 Å². The van der Waals surface area contributed by atoms with Gasteiger partial charge in [0, 0.05) is 0 Å². The number of anilines is 1. The number of halogens is 1. The van der Waals surface area contributed by atoms with E-state index in [9.17, 15) is 14.4 Å². The summed E-state index contributed by atoms with van der Waals surface area (Å²) in [6.07, 6.45) is 1.34. The number of rotatable bonds is 5. The van der Waals surface area contributed by atoms with Gasteiger partial charge in [0.1, 0.15) is 12.6 Å². The van der Waals surface area contributed by atoms with Crippen molar-refractivity contribution in [3.8, 4) is 0 Å². The lowest BCUT2D eigenvalue weighted by Crippen LogP contribution is -2.38. The van der Waals surface area contributed by atoms with Crippen molar-refractivity contribution in [1.82, 2.24) is 10.2 Å². The Balaban J connectivity index is 1.98. The number of hydrogen-bond acceptors (Lipinski definition) is 3. The summed E-state index contributed by atoms with van der Waals surface area (Å²) in [6, 6.07) is 5.69. The number of nitrogens with one attached hydrogen (secondary N) is 2. The molecule has 0 aromatic heterocycles. The minimum atomic E-state index is -0.534. The molecule has 6 nitrogen and oxygen atoms in total. The number of benzene rings is 1. The van der Waals surface area contributed by atoms with E-state index >= 15 is 0 Å². The number of imide groups is 1. The standard InChI is InChI=1S/C14H16ClN3O3/c1-2-5-11-13(20)18(14(21)17-11)8-12(19)16-10-7-4-3-6-9(10)15/h3-4,6-7,11H,2,5,8H2,1H3,(H,16,19)(H,17,21). The molecular weight excluding hydrogens is 294 g/mol. The highest BCUT2D eigenvalue weighted by atomic mass is 35.5.